The topological polar surface area (TPSA) is 99.7 Å². The van der Waals surface area contributed by atoms with Gasteiger partial charge in [0.05, 0.1) is 6.42 Å². The Morgan fingerprint density at radius 2 is 1.71 bits per heavy atom. The van der Waals surface area contributed by atoms with E-state index >= 15 is 0 Å². The van der Waals surface area contributed by atoms with Gasteiger partial charge in [0, 0.05) is 17.4 Å². The van der Waals surface area contributed by atoms with Gasteiger partial charge < -0.3 is 10.6 Å². The number of amides is 3. The quantitative estimate of drug-likeness (QED) is 0.419. The van der Waals surface area contributed by atoms with Crippen molar-refractivity contribution in [1.82, 2.24) is 10.7 Å². The number of benzene rings is 1. The maximum absolute atomic E-state index is 11.8. The summed E-state index contributed by atoms with van der Waals surface area (Å²) in [4.78, 5) is 35.0. The first kappa shape index (κ1) is 19.3. The zero-order valence-electron chi connectivity index (χ0n) is 14.5. The Kier molecular flexibility index (Phi) is 7.61. The van der Waals surface area contributed by atoms with Gasteiger partial charge in [0.25, 0.3) is 0 Å². The molecule has 1 rings (SSSR count). The zero-order valence-corrected chi connectivity index (χ0v) is 14.5. The van der Waals surface area contributed by atoms with Crippen LogP contribution in [-0.2, 0) is 20.8 Å². The van der Waals surface area contributed by atoms with E-state index in [0.29, 0.717) is 11.4 Å². The van der Waals surface area contributed by atoms with Crippen LogP contribution < -0.4 is 16.1 Å². The third kappa shape index (κ3) is 7.04. The second kappa shape index (κ2) is 9.44. The van der Waals surface area contributed by atoms with Gasteiger partial charge in [0.1, 0.15) is 0 Å². The third-order valence-electron chi connectivity index (χ3n) is 3.04. The van der Waals surface area contributed by atoms with Crippen molar-refractivity contribution in [3.63, 3.8) is 0 Å². The number of nitrogens with zero attached hydrogens (tertiary/aromatic N) is 1. The summed E-state index contributed by atoms with van der Waals surface area (Å²) < 4.78 is 0. The second-order valence-corrected chi connectivity index (χ2v) is 5.69. The summed E-state index contributed by atoms with van der Waals surface area (Å²) >= 11 is 0. The minimum absolute atomic E-state index is 0.0322. The van der Waals surface area contributed by atoms with Gasteiger partial charge in [-0.15, -0.1) is 0 Å². The molecule has 0 heterocycles. The number of carbonyl (C=O) groups is 3. The second-order valence-electron chi connectivity index (χ2n) is 5.69. The van der Waals surface area contributed by atoms with Gasteiger partial charge in [0.2, 0.25) is 5.91 Å². The Bertz CT molecular complexity index is 621. The molecule has 0 fully saturated rings. The first-order chi connectivity index (χ1) is 11.3. The number of carbonyl (C=O) groups excluding carboxylic acids is 3. The van der Waals surface area contributed by atoms with E-state index in [-0.39, 0.29) is 18.4 Å². The fourth-order valence-corrected chi connectivity index (χ4v) is 1.85. The SMILES string of the molecule is CCc1ccc(NC(=O)C(=O)N/N=C(/C)CC(=O)NC(C)C)cc1. The largest absolute Gasteiger partial charge is 0.354 e. The molecule has 0 aliphatic heterocycles. The fraction of sp³-hybridized carbons (Fsp3) is 0.412. The van der Waals surface area contributed by atoms with Crippen molar-refractivity contribution >= 4 is 29.1 Å². The average molecular weight is 332 g/mol. The number of hydrogen-bond acceptors (Lipinski definition) is 4. The molecule has 0 radical (unpaired) electrons. The summed E-state index contributed by atoms with van der Waals surface area (Å²) in [5, 5.41) is 8.96. The van der Waals surface area contributed by atoms with Crippen molar-refractivity contribution in [2.75, 3.05) is 5.32 Å². The molecule has 0 aliphatic rings. The van der Waals surface area contributed by atoms with Gasteiger partial charge >= 0.3 is 11.8 Å². The van der Waals surface area contributed by atoms with E-state index < -0.39 is 11.8 Å². The van der Waals surface area contributed by atoms with Gasteiger partial charge in [-0.1, -0.05) is 19.1 Å². The molecule has 0 aliphatic carbocycles. The summed E-state index contributed by atoms with van der Waals surface area (Å²) in [6, 6.07) is 7.25. The molecule has 0 atom stereocenters. The van der Waals surface area contributed by atoms with Crippen LogP contribution in [0.3, 0.4) is 0 Å². The summed E-state index contributed by atoms with van der Waals surface area (Å²) in [6.45, 7) is 7.33. The summed E-state index contributed by atoms with van der Waals surface area (Å²) in [6.07, 6.45) is 0.950. The molecule has 0 aromatic heterocycles. The van der Waals surface area contributed by atoms with E-state index in [1.165, 1.54) is 0 Å². The zero-order chi connectivity index (χ0) is 18.1. The Labute approximate surface area is 141 Å². The van der Waals surface area contributed by atoms with Crippen molar-refractivity contribution in [2.24, 2.45) is 5.10 Å². The molecule has 7 heteroatoms. The lowest BCUT2D eigenvalue weighted by molar-refractivity contribution is -0.136. The molecule has 1 aromatic rings. The summed E-state index contributed by atoms with van der Waals surface area (Å²) in [5.41, 5.74) is 4.21. The molecular weight excluding hydrogens is 308 g/mol. The molecule has 24 heavy (non-hydrogen) atoms. The van der Waals surface area contributed by atoms with Crippen LogP contribution in [0.2, 0.25) is 0 Å². The van der Waals surface area contributed by atoms with Crippen molar-refractivity contribution < 1.29 is 14.4 Å². The predicted molar refractivity (Wildman–Crippen MR) is 93.6 cm³/mol. The molecule has 0 saturated carbocycles. The molecule has 130 valence electrons. The van der Waals surface area contributed by atoms with Gasteiger partial charge in [-0.2, -0.15) is 5.10 Å². The molecule has 7 nitrogen and oxygen atoms in total. The van der Waals surface area contributed by atoms with Crippen LogP contribution in [0.1, 0.15) is 39.7 Å². The Balaban J connectivity index is 2.49. The van der Waals surface area contributed by atoms with E-state index in [9.17, 15) is 14.4 Å². The molecule has 3 amide bonds. The normalized spacial score (nSPS) is 11.1. The monoisotopic (exact) mass is 332 g/mol. The molecule has 1 aromatic carbocycles. The lowest BCUT2D eigenvalue weighted by Crippen LogP contribution is -2.34. The fourth-order valence-electron chi connectivity index (χ4n) is 1.85. The van der Waals surface area contributed by atoms with Crippen LogP contribution in [-0.4, -0.2) is 29.5 Å². The van der Waals surface area contributed by atoms with Gasteiger partial charge in [-0.3, -0.25) is 14.4 Å². The maximum Gasteiger partial charge on any atom is 0.329 e. The van der Waals surface area contributed by atoms with E-state index in [4.69, 9.17) is 0 Å². The van der Waals surface area contributed by atoms with E-state index in [0.717, 1.165) is 12.0 Å². The van der Waals surface area contributed by atoms with Crippen LogP contribution in [0, 0.1) is 0 Å². The number of hydrogen-bond donors (Lipinski definition) is 3. The first-order valence-electron chi connectivity index (χ1n) is 7.84. The van der Waals surface area contributed by atoms with Crippen LogP contribution in [0.25, 0.3) is 0 Å². The minimum Gasteiger partial charge on any atom is -0.354 e. The number of anilines is 1. The molecule has 0 spiro atoms. The van der Waals surface area contributed by atoms with E-state index in [2.05, 4.69) is 21.2 Å². The highest BCUT2D eigenvalue weighted by Gasteiger charge is 2.13. The van der Waals surface area contributed by atoms with Crippen molar-refractivity contribution in [1.29, 1.82) is 0 Å². The van der Waals surface area contributed by atoms with Gasteiger partial charge in [-0.25, -0.2) is 5.43 Å². The highest BCUT2D eigenvalue weighted by Crippen LogP contribution is 2.09. The van der Waals surface area contributed by atoms with E-state index in [1.54, 1.807) is 19.1 Å². The lowest BCUT2D eigenvalue weighted by Gasteiger charge is -2.08. The minimum atomic E-state index is -0.891. The maximum atomic E-state index is 11.8. The third-order valence-corrected chi connectivity index (χ3v) is 3.04. The first-order valence-corrected chi connectivity index (χ1v) is 7.84. The lowest BCUT2D eigenvalue weighted by atomic mass is 10.1. The average Bonchev–Trinajstić information content (AvgIpc) is 2.52. The highest BCUT2D eigenvalue weighted by atomic mass is 16.2. The Morgan fingerprint density at radius 3 is 2.25 bits per heavy atom. The number of hydrazone groups is 1. The Hall–Kier alpha value is -2.70. The van der Waals surface area contributed by atoms with Gasteiger partial charge in [0.15, 0.2) is 0 Å². The van der Waals surface area contributed by atoms with Crippen molar-refractivity contribution in [3.05, 3.63) is 29.8 Å². The smallest absolute Gasteiger partial charge is 0.329 e. The number of nitrogens with one attached hydrogen (secondary N) is 3. The van der Waals surface area contributed by atoms with Crippen molar-refractivity contribution in [2.45, 2.75) is 46.6 Å². The van der Waals surface area contributed by atoms with Crippen LogP contribution in [0.15, 0.2) is 29.4 Å². The van der Waals surface area contributed by atoms with Crippen molar-refractivity contribution in [3.8, 4) is 0 Å². The molecule has 3 N–H and O–H groups in total. The standard InChI is InChI=1S/C17H24N4O3/c1-5-13-6-8-14(9-7-13)19-16(23)17(24)21-20-12(4)10-15(22)18-11(2)3/h6-9,11H,5,10H2,1-4H3,(H,18,22)(H,19,23)(H,21,24)/b20-12-. The summed E-state index contributed by atoms with van der Waals surface area (Å²) in [5.74, 6) is -1.90. The van der Waals surface area contributed by atoms with Crippen LogP contribution in [0.5, 0.6) is 0 Å². The van der Waals surface area contributed by atoms with Crippen LogP contribution >= 0.6 is 0 Å². The molecular formula is C17H24N4O3. The molecule has 0 bridgehead atoms. The Morgan fingerprint density at radius 1 is 1.08 bits per heavy atom. The molecule has 0 unspecified atom stereocenters. The number of aryl methyl sites for hydroxylation is 1. The van der Waals surface area contributed by atoms with Crippen LogP contribution in [0.4, 0.5) is 5.69 Å². The predicted octanol–water partition coefficient (Wildman–Crippen LogP) is 1.59. The van der Waals surface area contributed by atoms with E-state index in [1.807, 2.05) is 32.9 Å². The summed E-state index contributed by atoms with van der Waals surface area (Å²) in [7, 11) is 0. The highest BCUT2D eigenvalue weighted by molar-refractivity contribution is 6.39. The van der Waals surface area contributed by atoms with Gasteiger partial charge in [-0.05, 0) is 44.9 Å². The number of rotatable bonds is 6. The molecule has 0 saturated heterocycles.